The first-order valence-electron chi connectivity index (χ1n) is 4.85. The Bertz CT molecular complexity index is 265. The molecule has 1 aliphatic rings. The second-order valence-corrected chi connectivity index (χ2v) is 3.61. The molecule has 2 rings (SSSR count). The van der Waals surface area contributed by atoms with Crippen molar-refractivity contribution < 1.29 is 0 Å². The predicted molar refractivity (Wildman–Crippen MR) is 47.9 cm³/mol. The summed E-state index contributed by atoms with van der Waals surface area (Å²) in [4.78, 5) is 0. The fraction of sp³-hybridized carbons (Fsp3) is 0.875. The highest BCUT2D eigenvalue weighted by Gasteiger charge is 2.24. The van der Waals surface area contributed by atoms with Crippen LogP contribution < -0.4 is 5.73 Å². The van der Waals surface area contributed by atoms with Crippen LogP contribution in [0.5, 0.6) is 0 Å². The molecule has 0 unspecified atom stereocenters. The fourth-order valence-corrected chi connectivity index (χ4v) is 1.36. The zero-order chi connectivity index (χ0) is 9.10. The third-order valence-electron chi connectivity index (χ3n) is 2.35. The summed E-state index contributed by atoms with van der Waals surface area (Å²) < 4.78 is 1.88. The Hall–Kier alpha value is -0.970. The van der Waals surface area contributed by atoms with E-state index in [9.17, 15) is 0 Å². The molecule has 0 bridgehead atoms. The maximum Gasteiger partial charge on any atom is 0.151 e. The molecule has 1 saturated carbocycles. The molecule has 5 nitrogen and oxygen atoms in total. The van der Waals surface area contributed by atoms with Gasteiger partial charge in [0, 0.05) is 13.0 Å². The molecule has 0 atom stereocenters. The van der Waals surface area contributed by atoms with E-state index < -0.39 is 0 Å². The van der Waals surface area contributed by atoms with Gasteiger partial charge in [-0.15, -0.1) is 5.10 Å². The van der Waals surface area contributed by atoms with E-state index in [2.05, 4.69) is 15.5 Å². The van der Waals surface area contributed by atoms with Crippen LogP contribution in [0.25, 0.3) is 0 Å². The van der Waals surface area contributed by atoms with Crippen molar-refractivity contribution in [3.63, 3.8) is 0 Å². The second-order valence-electron chi connectivity index (χ2n) is 3.61. The molecule has 0 saturated heterocycles. The second kappa shape index (κ2) is 3.83. The normalized spacial score (nSPS) is 16.4. The van der Waals surface area contributed by atoms with Gasteiger partial charge in [-0.1, -0.05) is 0 Å². The van der Waals surface area contributed by atoms with E-state index in [4.69, 9.17) is 5.73 Å². The van der Waals surface area contributed by atoms with Crippen molar-refractivity contribution in [2.75, 3.05) is 6.54 Å². The van der Waals surface area contributed by atoms with Crippen molar-refractivity contribution in [3.8, 4) is 0 Å². The van der Waals surface area contributed by atoms with Crippen LogP contribution in [0, 0.1) is 5.92 Å². The Kier molecular flexibility index (Phi) is 2.54. The van der Waals surface area contributed by atoms with E-state index in [1.54, 1.807) is 0 Å². The van der Waals surface area contributed by atoms with Crippen LogP contribution in [-0.4, -0.2) is 26.8 Å². The topological polar surface area (TPSA) is 69.6 Å². The van der Waals surface area contributed by atoms with Crippen molar-refractivity contribution in [2.45, 2.75) is 32.2 Å². The Balaban J connectivity index is 1.93. The molecule has 1 aromatic rings. The quantitative estimate of drug-likeness (QED) is 0.692. The van der Waals surface area contributed by atoms with Gasteiger partial charge in [-0.05, 0) is 42.2 Å². The summed E-state index contributed by atoms with van der Waals surface area (Å²) in [7, 11) is 0. The molecule has 13 heavy (non-hydrogen) atoms. The maximum absolute atomic E-state index is 5.43. The zero-order valence-corrected chi connectivity index (χ0v) is 7.69. The molecule has 1 fully saturated rings. The summed E-state index contributed by atoms with van der Waals surface area (Å²) in [5.41, 5.74) is 5.43. The summed E-state index contributed by atoms with van der Waals surface area (Å²) >= 11 is 0. The average Bonchev–Trinajstić information content (AvgIpc) is 2.82. The van der Waals surface area contributed by atoms with E-state index in [0.29, 0.717) is 6.54 Å². The van der Waals surface area contributed by atoms with Gasteiger partial charge in [0.1, 0.15) is 0 Å². The minimum Gasteiger partial charge on any atom is -0.330 e. The first-order valence-corrected chi connectivity index (χ1v) is 4.85. The highest BCUT2D eigenvalue weighted by atomic mass is 15.5. The van der Waals surface area contributed by atoms with Gasteiger partial charge >= 0.3 is 0 Å². The van der Waals surface area contributed by atoms with Gasteiger partial charge in [-0.2, -0.15) is 0 Å². The van der Waals surface area contributed by atoms with Gasteiger partial charge in [0.25, 0.3) is 0 Å². The average molecular weight is 181 g/mol. The molecule has 1 aromatic heterocycles. The summed E-state index contributed by atoms with van der Waals surface area (Å²) in [6.45, 7) is 1.55. The first-order chi connectivity index (χ1) is 6.40. The van der Waals surface area contributed by atoms with Gasteiger partial charge in [0.2, 0.25) is 0 Å². The number of aromatic nitrogens is 4. The third kappa shape index (κ3) is 2.24. The van der Waals surface area contributed by atoms with Crippen molar-refractivity contribution >= 4 is 0 Å². The van der Waals surface area contributed by atoms with Crippen LogP contribution in [-0.2, 0) is 13.0 Å². The molecule has 5 heteroatoms. The van der Waals surface area contributed by atoms with Crippen LogP contribution >= 0.6 is 0 Å². The van der Waals surface area contributed by atoms with Crippen molar-refractivity contribution in [3.05, 3.63) is 5.82 Å². The standard InChI is InChI=1S/C8H15N5/c9-4-1-5-13-8(10-11-12-13)6-7-2-3-7/h7H,1-6,9H2. The van der Waals surface area contributed by atoms with E-state index in [-0.39, 0.29) is 0 Å². The maximum atomic E-state index is 5.43. The number of nitrogens with two attached hydrogens (primary N) is 1. The minimum atomic E-state index is 0.697. The van der Waals surface area contributed by atoms with Crippen LogP contribution in [0.15, 0.2) is 0 Å². The van der Waals surface area contributed by atoms with Gasteiger partial charge in [-0.3, -0.25) is 0 Å². The van der Waals surface area contributed by atoms with Crippen molar-refractivity contribution in [2.24, 2.45) is 11.7 Å². The number of tetrazole rings is 1. The lowest BCUT2D eigenvalue weighted by Crippen LogP contribution is -2.10. The highest BCUT2D eigenvalue weighted by molar-refractivity contribution is 4.89. The number of aryl methyl sites for hydroxylation is 1. The first kappa shape index (κ1) is 8.62. The van der Waals surface area contributed by atoms with Gasteiger partial charge in [-0.25, -0.2) is 4.68 Å². The Labute approximate surface area is 77.3 Å². The smallest absolute Gasteiger partial charge is 0.151 e. The molecule has 0 aromatic carbocycles. The van der Waals surface area contributed by atoms with Crippen LogP contribution in [0.3, 0.4) is 0 Å². The molecule has 0 radical (unpaired) electrons. The summed E-state index contributed by atoms with van der Waals surface area (Å²) in [5, 5.41) is 11.6. The monoisotopic (exact) mass is 181 g/mol. The third-order valence-corrected chi connectivity index (χ3v) is 2.35. The summed E-state index contributed by atoms with van der Waals surface area (Å²) in [5.74, 6) is 1.86. The summed E-state index contributed by atoms with van der Waals surface area (Å²) in [6, 6.07) is 0. The molecule has 0 amide bonds. The Morgan fingerprint density at radius 3 is 3.00 bits per heavy atom. The SMILES string of the molecule is NCCCn1nnnc1CC1CC1. The van der Waals surface area contributed by atoms with E-state index in [0.717, 1.165) is 31.1 Å². The Morgan fingerprint density at radius 1 is 1.46 bits per heavy atom. The molecule has 1 aliphatic carbocycles. The molecule has 1 heterocycles. The number of nitrogens with zero attached hydrogens (tertiary/aromatic N) is 4. The lowest BCUT2D eigenvalue weighted by atomic mass is 10.3. The van der Waals surface area contributed by atoms with Gasteiger partial charge in [0.15, 0.2) is 5.82 Å². The predicted octanol–water partition coefficient (Wildman–Crippen LogP) is -0.0256. The summed E-state index contributed by atoms with van der Waals surface area (Å²) in [6.07, 6.45) is 4.66. The molecule has 0 aliphatic heterocycles. The number of hydrogen-bond donors (Lipinski definition) is 1. The largest absolute Gasteiger partial charge is 0.330 e. The molecular formula is C8H15N5. The number of rotatable bonds is 5. The molecular weight excluding hydrogens is 166 g/mol. The van der Waals surface area contributed by atoms with Crippen molar-refractivity contribution in [1.29, 1.82) is 0 Å². The molecule has 0 spiro atoms. The highest BCUT2D eigenvalue weighted by Crippen LogP contribution is 2.31. The lowest BCUT2D eigenvalue weighted by molar-refractivity contribution is 0.535. The molecule has 72 valence electrons. The van der Waals surface area contributed by atoms with E-state index >= 15 is 0 Å². The van der Waals surface area contributed by atoms with E-state index in [1.807, 2.05) is 4.68 Å². The van der Waals surface area contributed by atoms with Crippen LogP contribution in [0.2, 0.25) is 0 Å². The fourth-order valence-electron chi connectivity index (χ4n) is 1.36. The zero-order valence-electron chi connectivity index (χ0n) is 7.69. The van der Waals surface area contributed by atoms with Crippen LogP contribution in [0.4, 0.5) is 0 Å². The van der Waals surface area contributed by atoms with Crippen LogP contribution in [0.1, 0.15) is 25.1 Å². The molecule has 2 N–H and O–H groups in total. The van der Waals surface area contributed by atoms with Gasteiger partial charge in [0.05, 0.1) is 0 Å². The van der Waals surface area contributed by atoms with Gasteiger partial charge < -0.3 is 5.73 Å². The van der Waals surface area contributed by atoms with E-state index in [1.165, 1.54) is 12.8 Å². The Morgan fingerprint density at radius 2 is 2.31 bits per heavy atom. The van der Waals surface area contributed by atoms with Crippen molar-refractivity contribution in [1.82, 2.24) is 20.2 Å². The number of hydrogen-bond acceptors (Lipinski definition) is 4. The lowest BCUT2D eigenvalue weighted by Gasteiger charge is -2.01. The minimum absolute atomic E-state index is 0.697.